The van der Waals surface area contributed by atoms with Gasteiger partial charge in [0, 0.05) is 18.3 Å². The van der Waals surface area contributed by atoms with E-state index < -0.39 is 10.0 Å². The molecule has 114 valence electrons. The van der Waals surface area contributed by atoms with Crippen LogP contribution in [-0.2, 0) is 28.2 Å². The molecule has 0 aliphatic carbocycles. The SMILES string of the molecule is Cc1nc(CN(C)S(=O)(=O)Cc2ccc(CCl)cc2)cs1. The first kappa shape index (κ1) is 16.4. The Balaban J connectivity index is 2.05. The summed E-state index contributed by atoms with van der Waals surface area (Å²) in [5.74, 6) is 0.408. The van der Waals surface area contributed by atoms with E-state index in [1.165, 1.54) is 15.6 Å². The number of thiazole rings is 1. The molecule has 0 N–H and O–H groups in total. The third kappa shape index (κ3) is 4.51. The smallest absolute Gasteiger partial charge is 0.218 e. The first-order valence-corrected chi connectivity index (χ1v) is 9.42. The van der Waals surface area contributed by atoms with Crippen molar-refractivity contribution in [3.8, 4) is 0 Å². The van der Waals surface area contributed by atoms with Crippen LogP contribution < -0.4 is 0 Å². The third-order valence-corrected chi connectivity index (χ3v) is 5.96. The van der Waals surface area contributed by atoms with E-state index in [0.29, 0.717) is 12.4 Å². The van der Waals surface area contributed by atoms with Crippen LogP contribution in [-0.4, -0.2) is 24.8 Å². The predicted octanol–water partition coefficient (Wildman–Crippen LogP) is 3.15. The highest BCUT2D eigenvalue weighted by Gasteiger charge is 2.19. The van der Waals surface area contributed by atoms with Crippen LogP contribution in [0.1, 0.15) is 21.8 Å². The highest BCUT2D eigenvalue weighted by Crippen LogP contribution is 2.15. The molecule has 2 rings (SSSR count). The fraction of sp³-hybridized carbons (Fsp3) is 0.357. The Bertz CT molecular complexity index is 696. The molecule has 7 heteroatoms. The van der Waals surface area contributed by atoms with E-state index in [1.54, 1.807) is 19.2 Å². The van der Waals surface area contributed by atoms with Gasteiger partial charge in [0.15, 0.2) is 0 Å². The summed E-state index contributed by atoms with van der Waals surface area (Å²) in [6.07, 6.45) is 0. The van der Waals surface area contributed by atoms with Crippen LogP contribution in [0.2, 0.25) is 0 Å². The van der Waals surface area contributed by atoms with Gasteiger partial charge in [-0.2, -0.15) is 4.31 Å². The standard InChI is InChI=1S/C14H17ClN2O2S2/c1-11-16-14(9-20-11)8-17(2)21(18,19)10-13-5-3-12(7-15)4-6-13/h3-6,9H,7-8,10H2,1-2H3. The molecule has 2 aromatic rings. The van der Waals surface area contributed by atoms with E-state index in [1.807, 2.05) is 24.4 Å². The Labute approximate surface area is 134 Å². The number of aryl methyl sites for hydroxylation is 1. The minimum Gasteiger partial charge on any atom is -0.245 e. The van der Waals surface area contributed by atoms with Gasteiger partial charge in [0.05, 0.1) is 23.0 Å². The number of hydrogen-bond acceptors (Lipinski definition) is 4. The van der Waals surface area contributed by atoms with Crippen molar-refractivity contribution in [2.24, 2.45) is 0 Å². The maximum atomic E-state index is 12.3. The van der Waals surface area contributed by atoms with Gasteiger partial charge in [0.2, 0.25) is 10.0 Å². The summed E-state index contributed by atoms with van der Waals surface area (Å²) in [5.41, 5.74) is 2.51. The van der Waals surface area contributed by atoms with Gasteiger partial charge in [-0.1, -0.05) is 24.3 Å². The summed E-state index contributed by atoms with van der Waals surface area (Å²) in [6, 6.07) is 7.30. The van der Waals surface area contributed by atoms with Gasteiger partial charge in [-0.3, -0.25) is 0 Å². The lowest BCUT2D eigenvalue weighted by Crippen LogP contribution is -2.27. The van der Waals surface area contributed by atoms with Gasteiger partial charge >= 0.3 is 0 Å². The number of halogens is 1. The zero-order chi connectivity index (χ0) is 15.5. The topological polar surface area (TPSA) is 50.3 Å². The zero-order valence-corrected chi connectivity index (χ0v) is 14.3. The number of nitrogens with zero attached hydrogens (tertiary/aromatic N) is 2. The highest BCUT2D eigenvalue weighted by atomic mass is 35.5. The summed E-state index contributed by atoms with van der Waals surface area (Å²) >= 11 is 7.24. The van der Waals surface area contributed by atoms with E-state index in [9.17, 15) is 8.42 Å². The Morgan fingerprint density at radius 2 is 1.86 bits per heavy atom. The Morgan fingerprint density at radius 1 is 1.24 bits per heavy atom. The lowest BCUT2D eigenvalue weighted by Gasteiger charge is -2.16. The summed E-state index contributed by atoms with van der Waals surface area (Å²) in [4.78, 5) is 4.29. The van der Waals surface area contributed by atoms with Crippen molar-refractivity contribution in [2.75, 3.05) is 7.05 Å². The lowest BCUT2D eigenvalue weighted by molar-refractivity contribution is 0.462. The Hall–Kier alpha value is -0.950. The average molecular weight is 345 g/mol. The van der Waals surface area contributed by atoms with E-state index in [-0.39, 0.29) is 5.75 Å². The maximum Gasteiger partial charge on any atom is 0.218 e. The van der Waals surface area contributed by atoms with Crippen molar-refractivity contribution in [1.29, 1.82) is 0 Å². The second-order valence-electron chi connectivity index (χ2n) is 4.82. The van der Waals surface area contributed by atoms with Crippen molar-refractivity contribution in [2.45, 2.75) is 25.1 Å². The molecule has 1 aromatic heterocycles. The van der Waals surface area contributed by atoms with Gasteiger partial charge in [0.1, 0.15) is 0 Å². The summed E-state index contributed by atoms with van der Waals surface area (Å²) < 4.78 is 26.0. The molecule has 0 unspecified atom stereocenters. The minimum atomic E-state index is -3.36. The fourth-order valence-electron chi connectivity index (χ4n) is 1.85. The van der Waals surface area contributed by atoms with Gasteiger partial charge < -0.3 is 0 Å². The van der Waals surface area contributed by atoms with E-state index in [0.717, 1.165) is 21.8 Å². The van der Waals surface area contributed by atoms with Crippen LogP contribution in [0.5, 0.6) is 0 Å². The van der Waals surface area contributed by atoms with E-state index in [2.05, 4.69) is 4.98 Å². The van der Waals surface area contributed by atoms with Gasteiger partial charge in [-0.25, -0.2) is 13.4 Å². The summed E-state index contributed by atoms with van der Waals surface area (Å²) in [5, 5.41) is 2.82. The fourth-order valence-corrected chi connectivity index (χ4v) is 3.80. The second-order valence-corrected chi connectivity index (χ2v) is 8.23. The second kappa shape index (κ2) is 6.87. The maximum absolute atomic E-state index is 12.3. The normalized spacial score (nSPS) is 12.0. The number of sulfonamides is 1. The van der Waals surface area contributed by atoms with E-state index in [4.69, 9.17) is 11.6 Å². The Morgan fingerprint density at radius 3 is 2.38 bits per heavy atom. The van der Waals surface area contributed by atoms with E-state index >= 15 is 0 Å². The largest absolute Gasteiger partial charge is 0.245 e. The molecule has 0 radical (unpaired) electrons. The minimum absolute atomic E-state index is 0.0187. The highest BCUT2D eigenvalue weighted by molar-refractivity contribution is 7.88. The number of hydrogen-bond donors (Lipinski definition) is 0. The lowest BCUT2D eigenvalue weighted by atomic mass is 10.2. The van der Waals surface area contributed by atoms with Crippen molar-refractivity contribution in [3.05, 3.63) is 51.5 Å². The molecule has 21 heavy (non-hydrogen) atoms. The van der Waals surface area contributed by atoms with Crippen molar-refractivity contribution < 1.29 is 8.42 Å². The zero-order valence-electron chi connectivity index (χ0n) is 11.9. The number of benzene rings is 1. The summed E-state index contributed by atoms with van der Waals surface area (Å²) in [6.45, 7) is 2.20. The number of alkyl halides is 1. The molecule has 4 nitrogen and oxygen atoms in total. The molecule has 0 aliphatic heterocycles. The third-order valence-electron chi connectivity index (χ3n) is 3.05. The van der Waals surface area contributed by atoms with Gasteiger partial charge in [0.25, 0.3) is 0 Å². The monoisotopic (exact) mass is 344 g/mol. The van der Waals surface area contributed by atoms with Crippen LogP contribution in [0.25, 0.3) is 0 Å². The first-order chi connectivity index (χ1) is 9.90. The van der Waals surface area contributed by atoms with Gasteiger partial charge in [-0.15, -0.1) is 22.9 Å². The predicted molar refractivity (Wildman–Crippen MR) is 86.9 cm³/mol. The molecule has 0 bridgehead atoms. The molecule has 0 atom stereocenters. The first-order valence-electron chi connectivity index (χ1n) is 6.39. The molecule has 1 heterocycles. The molecule has 0 fully saturated rings. The molecule has 0 saturated carbocycles. The molecule has 0 amide bonds. The van der Waals surface area contributed by atoms with Crippen LogP contribution in [0.15, 0.2) is 29.6 Å². The van der Waals surface area contributed by atoms with Crippen LogP contribution >= 0.6 is 22.9 Å². The van der Waals surface area contributed by atoms with Crippen molar-refractivity contribution >= 4 is 33.0 Å². The molecule has 0 saturated heterocycles. The van der Waals surface area contributed by atoms with Crippen LogP contribution in [0, 0.1) is 6.92 Å². The van der Waals surface area contributed by atoms with Crippen LogP contribution in [0.4, 0.5) is 0 Å². The van der Waals surface area contributed by atoms with Crippen LogP contribution in [0.3, 0.4) is 0 Å². The summed E-state index contributed by atoms with van der Waals surface area (Å²) in [7, 11) is -1.78. The van der Waals surface area contributed by atoms with Gasteiger partial charge in [-0.05, 0) is 18.1 Å². The molecule has 1 aromatic carbocycles. The average Bonchev–Trinajstić information content (AvgIpc) is 2.84. The number of rotatable bonds is 6. The molecular formula is C14H17ClN2O2S2. The van der Waals surface area contributed by atoms with Crippen molar-refractivity contribution in [3.63, 3.8) is 0 Å². The quantitative estimate of drug-likeness (QED) is 0.756. The Kier molecular flexibility index (Phi) is 5.37. The van der Waals surface area contributed by atoms with Crippen molar-refractivity contribution in [1.82, 2.24) is 9.29 Å². The molecule has 0 aliphatic rings. The number of aromatic nitrogens is 1. The molecule has 0 spiro atoms. The molecular weight excluding hydrogens is 328 g/mol.